The monoisotopic (exact) mass is 335 g/mol. The van der Waals surface area contributed by atoms with Crippen molar-refractivity contribution in [2.24, 2.45) is 5.73 Å². The fourth-order valence-corrected chi connectivity index (χ4v) is 2.48. The molecule has 1 aliphatic heterocycles. The van der Waals surface area contributed by atoms with Crippen LogP contribution in [0.1, 0.15) is 24.6 Å². The van der Waals surface area contributed by atoms with Crippen LogP contribution in [0.2, 0.25) is 0 Å². The minimum Gasteiger partial charge on any atom is -0.440 e. The molecule has 4 N–H and O–H groups in total. The second-order valence-corrected chi connectivity index (χ2v) is 5.33. The lowest BCUT2D eigenvalue weighted by atomic mass is 9.87. The Labute approximate surface area is 138 Å². The van der Waals surface area contributed by atoms with Gasteiger partial charge in [-0.05, 0) is 25.1 Å². The standard InChI is InChI=1S/C13H14BN3O5S/c1-2-7-6-17(12(23)16-11(7)19)9-4-3-8(21-9)13(14,20)22-10(18)5-15/h1,6,8-9,20H,3-5,15H2,(H,16,19,23). The fourth-order valence-electron chi connectivity index (χ4n) is 2.22. The Morgan fingerprint density at radius 3 is 3.04 bits per heavy atom. The fraction of sp³-hybridized carbons (Fsp3) is 0.462. The molecule has 0 aromatic carbocycles. The maximum absolute atomic E-state index is 11.6. The zero-order chi connectivity index (χ0) is 17.2. The predicted molar refractivity (Wildman–Crippen MR) is 82.8 cm³/mol. The van der Waals surface area contributed by atoms with Crippen LogP contribution in [0.4, 0.5) is 0 Å². The highest BCUT2D eigenvalue weighted by Crippen LogP contribution is 2.33. The van der Waals surface area contributed by atoms with Gasteiger partial charge in [-0.1, -0.05) is 5.92 Å². The first kappa shape index (κ1) is 17.4. The number of carbonyl (C=O) groups is 1. The molecule has 2 rings (SSSR count). The van der Waals surface area contributed by atoms with Crippen LogP contribution in [0.15, 0.2) is 11.0 Å². The van der Waals surface area contributed by atoms with E-state index < -0.39 is 36.1 Å². The van der Waals surface area contributed by atoms with Gasteiger partial charge in [-0.15, -0.1) is 6.42 Å². The van der Waals surface area contributed by atoms with E-state index in [9.17, 15) is 14.7 Å². The number of nitrogens with two attached hydrogens (primary N) is 1. The Kier molecular flexibility index (Phi) is 5.06. The van der Waals surface area contributed by atoms with E-state index in [1.807, 2.05) is 0 Å². The van der Waals surface area contributed by atoms with Gasteiger partial charge in [0.05, 0.1) is 6.54 Å². The van der Waals surface area contributed by atoms with Crippen LogP contribution in [-0.4, -0.2) is 46.8 Å². The van der Waals surface area contributed by atoms with Crippen molar-refractivity contribution in [3.05, 3.63) is 26.9 Å². The van der Waals surface area contributed by atoms with E-state index in [4.69, 9.17) is 37.0 Å². The molecule has 0 bridgehead atoms. The summed E-state index contributed by atoms with van der Waals surface area (Å²) in [5, 5.41) is 10.0. The third-order valence-corrected chi connectivity index (χ3v) is 3.65. The minimum absolute atomic E-state index is 0.0863. The van der Waals surface area contributed by atoms with E-state index in [0.717, 1.165) is 0 Å². The third-order valence-electron chi connectivity index (χ3n) is 3.34. The van der Waals surface area contributed by atoms with Gasteiger partial charge in [-0.3, -0.25) is 19.1 Å². The van der Waals surface area contributed by atoms with Gasteiger partial charge < -0.3 is 20.3 Å². The molecule has 1 saturated heterocycles. The third kappa shape index (κ3) is 3.70. The van der Waals surface area contributed by atoms with Crippen molar-refractivity contribution in [3.63, 3.8) is 0 Å². The lowest BCUT2D eigenvalue weighted by molar-refractivity contribution is -0.214. The maximum atomic E-state index is 11.6. The molecule has 2 heterocycles. The molecule has 0 spiro atoms. The van der Waals surface area contributed by atoms with E-state index >= 15 is 0 Å². The number of hydrogen-bond acceptors (Lipinski definition) is 7. The van der Waals surface area contributed by atoms with Gasteiger partial charge in [0, 0.05) is 6.20 Å². The number of rotatable bonds is 4. The smallest absolute Gasteiger partial charge is 0.321 e. The van der Waals surface area contributed by atoms with Crippen LogP contribution >= 0.6 is 12.2 Å². The number of aliphatic hydroxyl groups is 1. The van der Waals surface area contributed by atoms with Gasteiger partial charge in [0.15, 0.2) is 18.3 Å². The molecule has 8 nitrogen and oxygen atoms in total. The molecule has 10 heteroatoms. The number of ether oxygens (including phenoxy) is 2. The van der Waals surface area contributed by atoms with Crippen LogP contribution in [0.3, 0.4) is 0 Å². The van der Waals surface area contributed by atoms with Crippen LogP contribution in [-0.2, 0) is 14.3 Å². The van der Waals surface area contributed by atoms with Crippen molar-refractivity contribution in [2.45, 2.75) is 30.9 Å². The van der Waals surface area contributed by atoms with E-state index in [1.54, 1.807) is 0 Å². The van der Waals surface area contributed by atoms with Gasteiger partial charge in [-0.25, -0.2) is 0 Å². The highest BCUT2D eigenvalue weighted by atomic mass is 32.1. The van der Waals surface area contributed by atoms with E-state index in [1.165, 1.54) is 10.8 Å². The summed E-state index contributed by atoms with van der Waals surface area (Å²) in [6, 6.07) is 0. The number of nitrogens with zero attached hydrogens (tertiary/aromatic N) is 1. The summed E-state index contributed by atoms with van der Waals surface area (Å²) >= 11 is 5.07. The Balaban J connectivity index is 2.21. The minimum atomic E-state index is -2.31. The zero-order valence-electron chi connectivity index (χ0n) is 12.0. The molecule has 0 amide bonds. The Hall–Kier alpha value is -1.93. The molecule has 0 aliphatic carbocycles. The first-order chi connectivity index (χ1) is 10.8. The molecule has 120 valence electrons. The molecule has 1 aromatic rings. The number of carbonyl (C=O) groups excluding carboxylic acids is 1. The quantitative estimate of drug-likeness (QED) is 0.210. The first-order valence-electron chi connectivity index (χ1n) is 6.69. The van der Waals surface area contributed by atoms with Crippen molar-refractivity contribution < 1.29 is 19.4 Å². The van der Waals surface area contributed by atoms with Crippen molar-refractivity contribution in [2.75, 3.05) is 6.54 Å². The topological polar surface area (TPSA) is 120 Å². The van der Waals surface area contributed by atoms with Crippen LogP contribution in [0, 0.1) is 17.1 Å². The molecule has 1 aromatic heterocycles. The zero-order valence-corrected chi connectivity index (χ0v) is 12.8. The lowest BCUT2D eigenvalue weighted by Gasteiger charge is -2.30. The van der Waals surface area contributed by atoms with Crippen LogP contribution in [0.5, 0.6) is 0 Å². The van der Waals surface area contributed by atoms with E-state index in [-0.39, 0.29) is 10.3 Å². The van der Waals surface area contributed by atoms with Crippen molar-refractivity contribution in [1.82, 2.24) is 9.55 Å². The second-order valence-electron chi connectivity index (χ2n) is 4.94. The molecule has 0 saturated carbocycles. The van der Waals surface area contributed by atoms with Crippen LogP contribution in [0.25, 0.3) is 0 Å². The summed E-state index contributed by atoms with van der Waals surface area (Å²) in [4.78, 5) is 25.2. The van der Waals surface area contributed by atoms with Gasteiger partial charge >= 0.3 is 5.97 Å². The average molecular weight is 335 g/mol. The van der Waals surface area contributed by atoms with Crippen molar-refractivity contribution >= 4 is 26.0 Å². The number of aromatic nitrogens is 2. The van der Waals surface area contributed by atoms with Crippen molar-refractivity contribution in [3.8, 4) is 12.3 Å². The molecule has 3 unspecified atom stereocenters. The summed E-state index contributed by atoms with van der Waals surface area (Å²) in [6.45, 7) is -0.424. The summed E-state index contributed by atoms with van der Waals surface area (Å²) in [5.74, 6) is 1.37. The maximum Gasteiger partial charge on any atom is 0.321 e. The molecular weight excluding hydrogens is 321 g/mol. The predicted octanol–water partition coefficient (Wildman–Crippen LogP) is -1.12. The number of hydrogen-bond donors (Lipinski definition) is 3. The second kappa shape index (κ2) is 6.68. The van der Waals surface area contributed by atoms with Gasteiger partial charge in [0.1, 0.15) is 17.9 Å². The molecule has 2 radical (unpaired) electrons. The highest BCUT2D eigenvalue weighted by molar-refractivity contribution is 7.71. The number of terminal acetylenes is 1. The molecule has 23 heavy (non-hydrogen) atoms. The number of nitrogens with one attached hydrogen (secondary N) is 1. The summed E-state index contributed by atoms with van der Waals surface area (Å²) in [5.41, 5.74) is 2.40. The van der Waals surface area contributed by atoms with Gasteiger partial charge in [-0.2, -0.15) is 0 Å². The highest BCUT2D eigenvalue weighted by Gasteiger charge is 2.41. The normalized spacial score (nSPS) is 23.0. The lowest BCUT2D eigenvalue weighted by Crippen LogP contribution is -2.48. The largest absolute Gasteiger partial charge is 0.440 e. The Bertz CT molecular complexity index is 766. The summed E-state index contributed by atoms with van der Waals surface area (Å²) in [7, 11) is 5.56. The molecule has 1 fully saturated rings. The average Bonchev–Trinajstić information content (AvgIpc) is 2.97. The summed E-state index contributed by atoms with van der Waals surface area (Å²) in [6.07, 6.45) is 5.73. The first-order valence-corrected chi connectivity index (χ1v) is 7.10. The van der Waals surface area contributed by atoms with Gasteiger partial charge in [0.25, 0.3) is 5.56 Å². The van der Waals surface area contributed by atoms with Crippen molar-refractivity contribution in [1.29, 1.82) is 0 Å². The van der Waals surface area contributed by atoms with E-state index in [2.05, 4.69) is 15.6 Å². The molecular formula is C13H14BN3O5S. The molecule has 1 aliphatic rings. The SMILES string of the molecule is [B]C(O)(OC(=O)CN)C1CCC(n2cc(C#C)c(=O)[nH]c2=S)O1. The van der Waals surface area contributed by atoms with E-state index in [0.29, 0.717) is 12.8 Å². The number of H-pyrrole nitrogens is 1. The van der Waals surface area contributed by atoms with Crippen LogP contribution < -0.4 is 11.3 Å². The summed E-state index contributed by atoms with van der Waals surface area (Å²) < 4.78 is 11.8. The Morgan fingerprint density at radius 2 is 2.43 bits per heavy atom. The number of esters is 1. The molecule has 3 atom stereocenters. The Morgan fingerprint density at radius 1 is 1.74 bits per heavy atom. The van der Waals surface area contributed by atoms with Gasteiger partial charge in [0.2, 0.25) is 0 Å². The number of aromatic amines is 1.